The lowest BCUT2D eigenvalue weighted by Crippen LogP contribution is -2.42. The molecule has 2 fully saturated rings. The summed E-state index contributed by atoms with van der Waals surface area (Å²) in [6.45, 7) is 6.19. The molecule has 1 saturated carbocycles. The molecule has 4 nitrogen and oxygen atoms in total. The number of rotatable bonds is 5. The van der Waals surface area contributed by atoms with E-state index in [9.17, 15) is 13.2 Å². The summed E-state index contributed by atoms with van der Waals surface area (Å²) in [6.07, 6.45) is 3.09. The van der Waals surface area contributed by atoms with Crippen molar-refractivity contribution >= 4 is 15.7 Å². The van der Waals surface area contributed by atoms with E-state index in [1.165, 1.54) is 11.1 Å². The second kappa shape index (κ2) is 6.11. The Morgan fingerprint density at radius 2 is 2.22 bits per heavy atom. The highest BCUT2D eigenvalue weighted by atomic mass is 32.2. The molecular weight excluding hydrogens is 310 g/mol. The third-order valence-electron chi connectivity index (χ3n) is 4.84. The van der Waals surface area contributed by atoms with Crippen LogP contribution >= 0.6 is 0 Å². The van der Waals surface area contributed by atoms with Crippen LogP contribution in [0.5, 0.6) is 0 Å². The molecule has 0 unspecified atom stereocenters. The van der Waals surface area contributed by atoms with Crippen LogP contribution in [0.15, 0.2) is 36.9 Å². The van der Waals surface area contributed by atoms with Crippen LogP contribution in [0.3, 0.4) is 0 Å². The molecular formula is C18H23NO3S. The maximum atomic E-state index is 12.8. The predicted molar refractivity (Wildman–Crippen MR) is 91.0 cm³/mol. The maximum Gasteiger partial charge on any atom is 0.226 e. The molecule has 0 aromatic heterocycles. The molecule has 1 heterocycles. The zero-order chi connectivity index (χ0) is 16.6. The molecule has 0 N–H and O–H groups in total. The van der Waals surface area contributed by atoms with Crippen LogP contribution in [0.1, 0.15) is 29.9 Å². The van der Waals surface area contributed by atoms with Gasteiger partial charge in [-0.05, 0) is 31.2 Å². The van der Waals surface area contributed by atoms with E-state index in [2.05, 4.69) is 31.7 Å². The van der Waals surface area contributed by atoms with Gasteiger partial charge in [-0.25, -0.2) is 8.42 Å². The summed E-state index contributed by atoms with van der Waals surface area (Å²) in [6, 6.07) is 8.09. The fourth-order valence-corrected chi connectivity index (χ4v) is 5.26. The highest BCUT2D eigenvalue weighted by molar-refractivity contribution is 7.91. The van der Waals surface area contributed by atoms with Crippen LogP contribution in [0.2, 0.25) is 0 Å². The lowest BCUT2D eigenvalue weighted by molar-refractivity contribution is -0.133. The van der Waals surface area contributed by atoms with Gasteiger partial charge < -0.3 is 4.90 Å². The smallest absolute Gasteiger partial charge is 0.226 e. The Labute approximate surface area is 138 Å². The molecule has 2 aliphatic rings. The zero-order valence-corrected chi connectivity index (χ0v) is 14.3. The third-order valence-corrected chi connectivity index (χ3v) is 6.59. The minimum absolute atomic E-state index is 0.0138. The molecule has 1 aliphatic heterocycles. The van der Waals surface area contributed by atoms with Crippen molar-refractivity contribution in [3.05, 3.63) is 48.0 Å². The monoisotopic (exact) mass is 333 g/mol. The lowest BCUT2D eigenvalue weighted by Gasteiger charge is -2.27. The average molecular weight is 333 g/mol. The van der Waals surface area contributed by atoms with Gasteiger partial charge in [-0.15, -0.1) is 6.58 Å². The molecule has 3 atom stereocenters. The average Bonchev–Trinajstić information content (AvgIpc) is 3.22. The third kappa shape index (κ3) is 3.50. The van der Waals surface area contributed by atoms with Gasteiger partial charge >= 0.3 is 0 Å². The standard InChI is InChI=1S/C18H23NO3S/c1-3-8-19(15-7-9-23(21,22)12-15)18(20)17-11-16(17)14-6-4-5-13(2)10-14/h3-6,10,15-17H,1,7-9,11-12H2,2H3/t15-,16+,17-/m1/s1. The Hall–Kier alpha value is -1.62. The number of sulfone groups is 1. The van der Waals surface area contributed by atoms with Crippen LogP contribution in [0.25, 0.3) is 0 Å². The number of aryl methyl sites for hydroxylation is 1. The SMILES string of the molecule is C=CCN(C(=O)[C@@H]1C[C@H]1c1cccc(C)c1)[C@@H]1CCS(=O)(=O)C1. The number of benzene rings is 1. The van der Waals surface area contributed by atoms with Crippen LogP contribution < -0.4 is 0 Å². The van der Waals surface area contributed by atoms with Crippen molar-refractivity contribution in [2.75, 3.05) is 18.1 Å². The summed E-state index contributed by atoms with van der Waals surface area (Å²) in [4.78, 5) is 14.6. The van der Waals surface area contributed by atoms with Gasteiger partial charge in [0.25, 0.3) is 0 Å². The largest absolute Gasteiger partial charge is 0.335 e. The van der Waals surface area contributed by atoms with Crippen molar-refractivity contribution in [3.8, 4) is 0 Å². The van der Waals surface area contributed by atoms with Gasteiger partial charge in [-0.1, -0.05) is 35.9 Å². The zero-order valence-electron chi connectivity index (χ0n) is 13.4. The van der Waals surface area contributed by atoms with Gasteiger partial charge in [-0.3, -0.25) is 4.79 Å². The molecule has 124 valence electrons. The molecule has 3 rings (SSSR count). The van der Waals surface area contributed by atoms with Gasteiger partial charge in [0.05, 0.1) is 11.5 Å². The fraction of sp³-hybridized carbons (Fsp3) is 0.500. The van der Waals surface area contributed by atoms with Crippen LogP contribution in [0.4, 0.5) is 0 Å². The summed E-state index contributed by atoms with van der Waals surface area (Å²) in [7, 11) is -3.00. The summed E-state index contributed by atoms with van der Waals surface area (Å²) in [5.74, 6) is 0.616. The van der Waals surface area contributed by atoms with E-state index in [0.29, 0.717) is 13.0 Å². The molecule has 1 aromatic carbocycles. The van der Waals surface area contributed by atoms with Crippen molar-refractivity contribution in [2.24, 2.45) is 5.92 Å². The second-order valence-electron chi connectivity index (χ2n) is 6.70. The molecule has 1 aromatic rings. The van der Waals surface area contributed by atoms with E-state index in [-0.39, 0.29) is 35.3 Å². The molecule has 0 spiro atoms. The van der Waals surface area contributed by atoms with Gasteiger partial charge in [0.2, 0.25) is 5.91 Å². The predicted octanol–water partition coefficient (Wildman–Crippen LogP) is 2.30. The second-order valence-corrected chi connectivity index (χ2v) is 8.93. The Bertz CT molecular complexity index is 726. The quantitative estimate of drug-likeness (QED) is 0.777. The van der Waals surface area contributed by atoms with E-state index in [4.69, 9.17) is 0 Å². The van der Waals surface area contributed by atoms with Gasteiger partial charge in [-0.2, -0.15) is 0 Å². The van der Waals surface area contributed by atoms with E-state index in [1.54, 1.807) is 11.0 Å². The fourth-order valence-electron chi connectivity index (χ4n) is 3.53. The molecule has 1 amide bonds. The molecule has 0 bridgehead atoms. The van der Waals surface area contributed by atoms with Gasteiger partial charge in [0.1, 0.15) is 0 Å². The van der Waals surface area contributed by atoms with Gasteiger partial charge in [0, 0.05) is 18.5 Å². The first-order valence-electron chi connectivity index (χ1n) is 8.09. The minimum atomic E-state index is -3.00. The minimum Gasteiger partial charge on any atom is -0.335 e. The highest BCUT2D eigenvalue weighted by Crippen LogP contribution is 2.49. The summed E-state index contributed by atoms with van der Waals surface area (Å²) in [5.41, 5.74) is 2.41. The lowest BCUT2D eigenvalue weighted by atomic mass is 10.1. The van der Waals surface area contributed by atoms with E-state index in [1.807, 2.05) is 6.07 Å². The number of hydrogen-bond donors (Lipinski definition) is 0. The molecule has 23 heavy (non-hydrogen) atoms. The Morgan fingerprint density at radius 3 is 2.83 bits per heavy atom. The first kappa shape index (κ1) is 16.2. The van der Waals surface area contributed by atoms with E-state index >= 15 is 0 Å². The van der Waals surface area contributed by atoms with Crippen molar-refractivity contribution in [3.63, 3.8) is 0 Å². The Kier molecular flexibility index (Phi) is 4.32. The topological polar surface area (TPSA) is 54.5 Å². The molecule has 1 saturated heterocycles. The highest BCUT2D eigenvalue weighted by Gasteiger charge is 2.47. The van der Waals surface area contributed by atoms with Crippen LogP contribution in [-0.4, -0.2) is 43.3 Å². The van der Waals surface area contributed by atoms with Gasteiger partial charge in [0.15, 0.2) is 9.84 Å². The number of amides is 1. The number of carbonyl (C=O) groups excluding carboxylic acids is 1. The van der Waals surface area contributed by atoms with Crippen molar-refractivity contribution in [1.82, 2.24) is 4.90 Å². The normalized spacial score (nSPS) is 28.3. The number of hydrogen-bond acceptors (Lipinski definition) is 3. The van der Waals surface area contributed by atoms with E-state index in [0.717, 1.165) is 6.42 Å². The van der Waals surface area contributed by atoms with Crippen molar-refractivity contribution in [2.45, 2.75) is 31.7 Å². The van der Waals surface area contributed by atoms with Crippen LogP contribution in [-0.2, 0) is 14.6 Å². The first-order chi connectivity index (χ1) is 10.9. The van der Waals surface area contributed by atoms with Crippen molar-refractivity contribution in [1.29, 1.82) is 0 Å². The van der Waals surface area contributed by atoms with E-state index < -0.39 is 9.84 Å². The molecule has 1 aliphatic carbocycles. The Balaban J connectivity index is 1.72. The van der Waals surface area contributed by atoms with Crippen LogP contribution in [0, 0.1) is 12.8 Å². The maximum absolute atomic E-state index is 12.8. The molecule has 0 radical (unpaired) electrons. The molecule has 5 heteroatoms. The summed E-state index contributed by atoms with van der Waals surface area (Å²) < 4.78 is 23.4. The first-order valence-corrected chi connectivity index (χ1v) is 9.92. The summed E-state index contributed by atoms with van der Waals surface area (Å²) in [5, 5.41) is 0. The Morgan fingerprint density at radius 1 is 1.43 bits per heavy atom. The number of nitrogens with zero attached hydrogens (tertiary/aromatic N) is 1. The van der Waals surface area contributed by atoms with Crippen molar-refractivity contribution < 1.29 is 13.2 Å². The summed E-state index contributed by atoms with van der Waals surface area (Å²) >= 11 is 0. The number of carbonyl (C=O) groups is 1.